The largest absolute Gasteiger partial charge is 0.353 e. The molecule has 4 aromatic rings. The molecule has 6 nitrogen and oxygen atoms in total. The zero-order valence-corrected chi connectivity index (χ0v) is 20.9. The Bertz CT molecular complexity index is 1460. The van der Waals surface area contributed by atoms with Crippen LogP contribution < -0.4 is 15.6 Å². The number of fused-ring (bicyclic) bond motifs is 3. The van der Waals surface area contributed by atoms with E-state index in [1.807, 2.05) is 103 Å². The van der Waals surface area contributed by atoms with Crippen molar-refractivity contribution in [2.24, 2.45) is 0 Å². The van der Waals surface area contributed by atoms with E-state index in [1.54, 1.807) is 0 Å². The van der Waals surface area contributed by atoms with E-state index in [4.69, 9.17) is 0 Å². The predicted molar refractivity (Wildman–Crippen MR) is 144 cm³/mol. The third-order valence-corrected chi connectivity index (χ3v) is 7.35. The van der Waals surface area contributed by atoms with Gasteiger partial charge in [0.15, 0.2) is 5.43 Å². The topological polar surface area (TPSA) is 71.4 Å². The Morgan fingerprint density at radius 2 is 1.53 bits per heavy atom. The highest BCUT2D eigenvalue weighted by atomic mass is 16.2. The van der Waals surface area contributed by atoms with E-state index >= 15 is 0 Å². The van der Waals surface area contributed by atoms with E-state index in [9.17, 15) is 14.4 Å². The highest BCUT2D eigenvalue weighted by Gasteiger charge is 2.37. The van der Waals surface area contributed by atoms with Crippen molar-refractivity contribution >= 4 is 39.3 Å². The number of anilines is 1. The second-order valence-electron chi connectivity index (χ2n) is 9.73. The van der Waals surface area contributed by atoms with E-state index in [1.165, 1.54) is 0 Å². The molecule has 0 aliphatic carbocycles. The summed E-state index contributed by atoms with van der Waals surface area (Å²) in [6.07, 6.45) is 1.41. The molecule has 0 spiro atoms. The molecule has 0 bridgehead atoms. The molecular weight excluding hydrogens is 450 g/mol. The molecule has 0 unspecified atom stereocenters. The lowest BCUT2D eigenvalue weighted by atomic mass is 9.85. The highest BCUT2D eigenvalue weighted by Crippen LogP contribution is 2.39. The molecule has 0 radical (unpaired) electrons. The predicted octanol–water partition coefficient (Wildman–Crippen LogP) is 4.98. The number of nitrogens with zero attached hydrogens (tertiary/aromatic N) is 2. The minimum Gasteiger partial charge on any atom is -0.353 e. The average Bonchev–Trinajstić information content (AvgIpc) is 2.90. The van der Waals surface area contributed by atoms with Crippen LogP contribution in [0.4, 0.5) is 5.69 Å². The molecule has 1 aliphatic heterocycles. The minimum atomic E-state index is -0.302. The highest BCUT2D eigenvalue weighted by molar-refractivity contribution is 6.00. The Kier molecular flexibility index (Phi) is 6.35. The third-order valence-electron chi connectivity index (χ3n) is 7.35. The summed E-state index contributed by atoms with van der Waals surface area (Å²) in [7, 11) is 0. The van der Waals surface area contributed by atoms with Gasteiger partial charge < -0.3 is 14.8 Å². The van der Waals surface area contributed by atoms with Gasteiger partial charge in [-0.3, -0.25) is 14.4 Å². The number of amides is 2. The van der Waals surface area contributed by atoms with Crippen LogP contribution in [0, 0.1) is 0 Å². The van der Waals surface area contributed by atoms with Crippen LogP contribution in [0.25, 0.3) is 21.8 Å². The normalized spacial score (nSPS) is 18.1. The molecule has 0 fully saturated rings. The second kappa shape index (κ2) is 9.61. The van der Waals surface area contributed by atoms with Gasteiger partial charge in [0, 0.05) is 28.5 Å². The first kappa shape index (κ1) is 23.8. The van der Waals surface area contributed by atoms with Gasteiger partial charge in [0.1, 0.15) is 6.54 Å². The molecule has 3 aromatic carbocycles. The van der Waals surface area contributed by atoms with Crippen LogP contribution in [-0.2, 0) is 16.1 Å². The zero-order valence-electron chi connectivity index (χ0n) is 20.9. The summed E-state index contributed by atoms with van der Waals surface area (Å²) >= 11 is 0. The number of rotatable bonds is 5. The number of hydrogen-bond donors (Lipinski definition) is 1. The Morgan fingerprint density at radius 1 is 0.944 bits per heavy atom. The number of pyridine rings is 1. The lowest BCUT2D eigenvalue weighted by molar-refractivity contribution is -0.124. The molecule has 1 N–H and O–H groups in total. The molecule has 1 aliphatic rings. The quantitative estimate of drug-likeness (QED) is 0.409. The fourth-order valence-electron chi connectivity index (χ4n) is 5.35. The van der Waals surface area contributed by atoms with E-state index in [0.29, 0.717) is 17.2 Å². The number of para-hydroxylation sites is 3. The number of hydrogen-bond acceptors (Lipinski definition) is 3. The first-order valence-corrected chi connectivity index (χ1v) is 12.6. The Morgan fingerprint density at radius 3 is 2.17 bits per heavy atom. The number of nitrogens with one attached hydrogen (secondary N) is 1. The SMILES string of the molecule is CC[C@H](C)NC(=O)[C@@H]1C[C@H](C)N(C(=O)Cn2c3ccccc3c(=O)c3ccccc32)c2ccccc21. The minimum absolute atomic E-state index is 0.00754. The van der Waals surface area contributed by atoms with E-state index in [2.05, 4.69) is 5.32 Å². The Balaban J connectivity index is 1.56. The van der Waals surface area contributed by atoms with Crippen molar-refractivity contribution in [1.29, 1.82) is 0 Å². The number of carbonyl (C=O) groups excluding carboxylic acids is 2. The maximum absolute atomic E-state index is 13.9. The first-order valence-electron chi connectivity index (χ1n) is 12.6. The molecule has 6 heteroatoms. The van der Waals surface area contributed by atoms with Crippen molar-refractivity contribution < 1.29 is 9.59 Å². The summed E-state index contributed by atoms with van der Waals surface area (Å²) in [5, 5.41) is 4.30. The van der Waals surface area contributed by atoms with Gasteiger partial charge in [-0.05, 0) is 62.6 Å². The molecule has 0 saturated carbocycles. The maximum Gasteiger partial charge on any atom is 0.247 e. The summed E-state index contributed by atoms with van der Waals surface area (Å²) < 4.78 is 1.94. The molecule has 2 heterocycles. The number of benzene rings is 3. The molecule has 36 heavy (non-hydrogen) atoms. The van der Waals surface area contributed by atoms with Gasteiger partial charge in [0.25, 0.3) is 0 Å². The van der Waals surface area contributed by atoms with Crippen LogP contribution in [0.3, 0.4) is 0 Å². The van der Waals surface area contributed by atoms with Gasteiger partial charge in [-0.1, -0.05) is 49.4 Å². The van der Waals surface area contributed by atoms with Crippen LogP contribution in [0.1, 0.15) is 45.1 Å². The summed E-state index contributed by atoms with van der Waals surface area (Å²) in [6, 6.07) is 22.5. The standard InChI is InChI=1S/C30H31N3O3/c1-4-19(2)31-30(36)24-17-20(3)33(27-16-10-5-11-21(24)27)28(34)18-32-25-14-8-6-12-22(25)29(35)23-13-7-9-15-26(23)32/h5-16,19-20,24H,4,17-18H2,1-3H3,(H,31,36)/t19-,20-,24+/m0/s1. The monoisotopic (exact) mass is 481 g/mol. The van der Waals surface area contributed by atoms with Gasteiger partial charge in [-0.2, -0.15) is 0 Å². The summed E-state index contributed by atoms with van der Waals surface area (Å²) in [5.41, 5.74) is 3.09. The maximum atomic E-state index is 13.9. The van der Waals surface area contributed by atoms with Gasteiger partial charge in [0.05, 0.1) is 17.0 Å². The Hall–Kier alpha value is -3.93. The van der Waals surface area contributed by atoms with Gasteiger partial charge in [0.2, 0.25) is 11.8 Å². The van der Waals surface area contributed by atoms with Crippen molar-refractivity contribution in [1.82, 2.24) is 9.88 Å². The van der Waals surface area contributed by atoms with Crippen molar-refractivity contribution in [2.45, 2.75) is 58.2 Å². The average molecular weight is 482 g/mol. The molecule has 0 saturated heterocycles. The molecule has 5 rings (SSSR count). The molecular formula is C30H31N3O3. The lowest BCUT2D eigenvalue weighted by Crippen LogP contribution is -2.48. The van der Waals surface area contributed by atoms with Crippen molar-refractivity contribution in [3.63, 3.8) is 0 Å². The van der Waals surface area contributed by atoms with E-state index < -0.39 is 0 Å². The van der Waals surface area contributed by atoms with Crippen LogP contribution in [0.2, 0.25) is 0 Å². The van der Waals surface area contributed by atoms with Crippen LogP contribution >= 0.6 is 0 Å². The molecule has 3 atom stereocenters. The van der Waals surface area contributed by atoms with Crippen LogP contribution in [-0.4, -0.2) is 28.5 Å². The lowest BCUT2D eigenvalue weighted by Gasteiger charge is -2.39. The van der Waals surface area contributed by atoms with Crippen molar-refractivity contribution in [3.05, 3.63) is 88.6 Å². The fourth-order valence-corrected chi connectivity index (χ4v) is 5.35. The summed E-state index contributed by atoms with van der Waals surface area (Å²) in [4.78, 5) is 42.0. The smallest absolute Gasteiger partial charge is 0.247 e. The van der Waals surface area contributed by atoms with Crippen molar-refractivity contribution in [3.8, 4) is 0 Å². The fraction of sp³-hybridized carbons (Fsp3) is 0.300. The van der Waals surface area contributed by atoms with Gasteiger partial charge >= 0.3 is 0 Å². The molecule has 2 amide bonds. The number of aromatic nitrogens is 1. The first-order chi connectivity index (χ1) is 17.4. The van der Waals surface area contributed by atoms with E-state index in [-0.39, 0.29) is 41.8 Å². The van der Waals surface area contributed by atoms with Crippen molar-refractivity contribution in [2.75, 3.05) is 4.90 Å². The van der Waals surface area contributed by atoms with E-state index in [0.717, 1.165) is 28.7 Å². The van der Waals surface area contributed by atoms with Crippen LogP contribution in [0.15, 0.2) is 77.6 Å². The van der Waals surface area contributed by atoms with Gasteiger partial charge in [-0.25, -0.2) is 0 Å². The Labute approximate surface area is 210 Å². The summed E-state index contributed by atoms with van der Waals surface area (Å²) in [5.74, 6) is -0.369. The second-order valence-corrected chi connectivity index (χ2v) is 9.73. The number of carbonyl (C=O) groups is 2. The molecule has 1 aromatic heterocycles. The summed E-state index contributed by atoms with van der Waals surface area (Å²) in [6.45, 7) is 6.14. The van der Waals surface area contributed by atoms with Gasteiger partial charge in [-0.15, -0.1) is 0 Å². The third kappa shape index (κ3) is 4.06. The van der Waals surface area contributed by atoms with Crippen LogP contribution in [0.5, 0.6) is 0 Å². The zero-order chi connectivity index (χ0) is 25.4. The molecule has 184 valence electrons.